The molecule has 0 fully saturated rings. The van der Waals surface area contributed by atoms with Gasteiger partial charge in [0, 0.05) is 30.7 Å². The van der Waals surface area contributed by atoms with Crippen molar-refractivity contribution in [1.82, 2.24) is 5.32 Å². The van der Waals surface area contributed by atoms with Gasteiger partial charge in [-0.1, -0.05) is 17.7 Å². The Kier molecular flexibility index (Phi) is 5.65. The highest BCUT2D eigenvalue weighted by Crippen LogP contribution is 2.11. The summed E-state index contributed by atoms with van der Waals surface area (Å²) in [6.45, 7) is 6.37. The van der Waals surface area contributed by atoms with Gasteiger partial charge in [0.25, 0.3) is 0 Å². The Morgan fingerprint density at radius 1 is 1.28 bits per heavy atom. The molecule has 0 aliphatic rings. The molecular weight excluding hydrogens is 226 g/mol. The quantitative estimate of drug-likeness (QED) is 0.718. The molecule has 4 heteroatoms. The van der Waals surface area contributed by atoms with Crippen LogP contribution in [0.2, 0.25) is 0 Å². The second kappa shape index (κ2) is 7.01. The van der Waals surface area contributed by atoms with Crippen LogP contribution in [-0.4, -0.2) is 24.5 Å². The van der Waals surface area contributed by atoms with Crippen LogP contribution in [0.15, 0.2) is 24.3 Å². The molecule has 0 aromatic heterocycles. The number of carbonyl (C=O) groups is 1. The zero-order valence-corrected chi connectivity index (χ0v) is 11.4. The van der Waals surface area contributed by atoms with Crippen molar-refractivity contribution < 1.29 is 4.79 Å². The summed E-state index contributed by atoms with van der Waals surface area (Å²) < 4.78 is 0. The Balaban J connectivity index is 2.51. The highest BCUT2D eigenvalue weighted by atomic mass is 16.1. The molecule has 0 heterocycles. The Morgan fingerprint density at radius 3 is 2.39 bits per heavy atom. The third-order valence-corrected chi connectivity index (χ3v) is 2.59. The summed E-state index contributed by atoms with van der Waals surface area (Å²) in [7, 11) is 0. The van der Waals surface area contributed by atoms with Crippen LogP contribution in [0.4, 0.5) is 5.69 Å². The minimum absolute atomic E-state index is 0.0278. The fourth-order valence-electron chi connectivity index (χ4n) is 1.68. The largest absolute Gasteiger partial charge is 0.381 e. The van der Waals surface area contributed by atoms with E-state index in [1.165, 1.54) is 5.56 Å². The lowest BCUT2D eigenvalue weighted by Gasteiger charge is -2.18. The monoisotopic (exact) mass is 249 g/mol. The summed E-state index contributed by atoms with van der Waals surface area (Å²) in [4.78, 5) is 11.7. The average Bonchev–Trinajstić information content (AvgIpc) is 2.30. The van der Waals surface area contributed by atoms with Crippen LogP contribution >= 0.6 is 0 Å². The van der Waals surface area contributed by atoms with Crippen molar-refractivity contribution in [3.63, 3.8) is 0 Å². The van der Waals surface area contributed by atoms with Gasteiger partial charge >= 0.3 is 0 Å². The van der Waals surface area contributed by atoms with E-state index >= 15 is 0 Å². The van der Waals surface area contributed by atoms with Crippen molar-refractivity contribution in [2.75, 3.05) is 11.9 Å². The van der Waals surface area contributed by atoms with Crippen LogP contribution in [0.3, 0.4) is 0 Å². The third-order valence-electron chi connectivity index (χ3n) is 2.59. The number of carbonyl (C=O) groups excluding carboxylic acids is 1. The molecular formula is C14H23N3O. The molecule has 1 amide bonds. The number of amides is 1. The third kappa shape index (κ3) is 5.19. The molecule has 0 saturated heterocycles. The average molecular weight is 249 g/mol. The summed E-state index contributed by atoms with van der Waals surface area (Å²) in [5.41, 5.74) is 7.89. The molecule has 18 heavy (non-hydrogen) atoms. The maximum atomic E-state index is 11.7. The Morgan fingerprint density at radius 2 is 1.89 bits per heavy atom. The van der Waals surface area contributed by atoms with Crippen molar-refractivity contribution in [1.29, 1.82) is 0 Å². The molecule has 4 N–H and O–H groups in total. The van der Waals surface area contributed by atoms with Gasteiger partial charge in [0.2, 0.25) is 5.91 Å². The van der Waals surface area contributed by atoms with E-state index in [9.17, 15) is 4.79 Å². The minimum atomic E-state index is -0.0357. The van der Waals surface area contributed by atoms with E-state index in [-0.39, 0.29) is 18.0 Å². The van der Waals surface area contributed by atoms with Gasteiger partial charge in [0.15, 0.2) is 0 Å². The highest BCUT2D eigenvalue weighted by molar-refractivity contribution is 5.77. The van der Waals surface area contributed by atoms with Crippen molar-refractivity contribution in [2.24, 2.45) is 5.73 Å². The van der Waals surface area contributed by atoms with Gasteiger partial charge in [-0.15, -0.1) is 0 Å². The van der Waals surface area contributed by atoms with E-state index < -0.39 is 0 Å². The van der Waals surface area contributed by atoms with E-state index in [4.69, 9.17) is 5.73 Å². The number of anilines is 1. The van der Waals surface area contributed by atoms with Crippen molar-refractivity contribution in [3.05, 3.63) is 29.8 Å². The summed E-state index contributed by atoms with van der Waals surface area (Å²) >= 11 is 0. The van der Waals surface area contributed by atoms with Gasteiger partial charge in [-0.05, 0) is 32.9 Å². The van der Waals surface area contributed by atoms with Gasteiger partial charge in [0.1, 0.15) is 0 Å². The van der Waals surface area contributed by atoms with Crippen LogP contribution in [0, 0.1) is 6.92 Å². The van der Waals surface area contributed by atoms with Gasteiger partial charge in [0.05, 0.1) is 0 Å². The SMILES string of the molecule is Cc1ccc(NC(CN)CC(=O)NC(C)C)cc1. The molecule has 0 bridgehead atoms. The second-order valence-electron chi connectivity index (χ2n) is 4.87. The number of nitrogens with one attached hydrogen (secondary N) is 2. The van der Waals surface area contributed by atoms with E-state index in [2.05, 4.69) is 10.6 Å². The molecule has 1 unspecified atom stereocenters. The lowest BCUT2D eigenvalue weighted by Crippen LogP contribution is -2.38. The second-order valence-corrected chi connectivity index (χ2v) is 4.87. The number of rotatable bonds is 6. The number of hydrogen-bond donors (Lipinski definition) is 3. The minimum Gasteiger partial charge on any atom is -0.381 e. The highest BCUT2D eigenvalue weighted by Gasteiger charge is 2.12. The van der Waals surface area contributed by atoms with Crippen molar-refractivity contribution in [3.8, 4) is 0 Å². The summed E-state index contributed by atoms with van der Waals surface area (Å²) in [5.74, 6) is 0.0278. The molecule has 1 atom stereocenters. The smallest absolute Gasteiger partial charge is 0.222 e. The van der Waals surface area contributed by atoms with Crippen LogP contribution in [-0.2, 0) is 4.79 Å². The standard InChI is InChI=1S/C14H23N3O/c1-10(2)16-14(18)8-13(9-15)17-12-6-4-11(3)5-7-12/h4-7,10,13,17H,8-9,15H2,1-3H3,(H,16,18). The van der Waals surface area contributed by atoms with Crippen LogP contribution in [0.5, 0.6) is 0 Å². The normalized spacial score (nSPS) is 12.3. The predicted molar refractivity (Wildman–Crippen MR) is 75.5 cm³/mol. The first kappa shape index (κ1) is 14.5. The van der Waals surface area contributed by atoms with Crippen LogP contribution < -0.4 is 16.4 Å². The molecule has 0 spiro atoms. The lowest BCUT2D eigenvalue weighted by atomic mass is 10.1. The summed E-state index contributed by atoms with van der Waals surface area (Å²) in [5, 5.41) is 6.14. The first-order chi connectivity index (χ1) is 8.51. The first-order valence-corrected chi connectivity index (χ1v) is 6.34. The van der Waals surface area contributed by atoms with Crippen LogP contribution in [0.25, 0.3) is 0 Å². The molecule has 0 saturated carbocycles. The zero-order chi connectivity index (χ0) is 13.5. The Labute approximate surface area is 109 Å². The number of aryl methyl sites for hydroxylation is 1. The molecule has 4 nitrogen and oxygen atoms in total. The maximum absolute atomic E-state index is 11.7. The zero-order valence-electron chi connectivity index (χ0n) is 11.4. The van der Waals surface area contributed by atoms with Gasteiger partial charge in [-0.25, -0.2) is 0 Å². The predicted octanol–water partition coefficient (Wildman–Crippen LogP) is 1.65. The van der Waals surface area contributed by atoms with E-state index in [0.717, 1.165) is 5.69 Å². The molecule has 1 aromatic rings. The van der Waals surface area contributed by atoms with Gasteiger partial charge in [-0.3, -0.25) is 4.79 Å². The van der Waals surface area contributed by atoms with Crippen molar-refractivity contribution >= 4 is 11.6 Å². The molecule has 0 radical (unpaired) electrons. The lowest BCUT2D eigenvalue weighted by molar-refractivity contribution is -0.121. The molecule has 100 valence electrons. The van der Waals surface area contributed by atoms with Crippen LogP contribution in [0.1, 0.15) is 25.8 Å². The number of nitrogens with two attached hydrogens (primary N) is 1. The van der Waals surface area contributed by atoms with E-state index in [1.54, 1.807) is 0 Å². The number of hydrogen-bond acceptors (Lipinski definition) is 3. The fourth-order valence-corrected chi connectivity index (χ4v) is 1.68. The first-order valence-electron chi connectivity index (χ1n) is 6.34. The van der Waals surface area contributed by atoms with E-state index in [1.807, 2.05) is 45.0 Å². The molecule has 0 aliphatic heterocycles. The molecule has 1 aromatic carbocycles. The Bertz CT molecular complexity index is 373. The van der Waals surface area contributed by atoms with Gasteiger partial charge < -0.3 is 16.4 Å². The van der Waals surface area contributed by atoms with E-state index in [0.29, 0.717) is 13.0 Å². The fraction of sp³-hybridized carbons (Fsp3) is 0.500. The number of benzene rings is 1. The topological polar surface area (TPSA) is 67.1 Å². The maximum Gasteiger partial charge on any atom is 0.222 e. The van der Waals surface area contributed by atoms with Crippen molar-refractivity contribution in [2.45, 2.75) is 39.3 Å². The molecule has 1 rings (SSSR count). The van der Waals surface area contributed by atoms with Gasteiger partial charge in [-0.2, -0.15) is 0 Å². The molecule has 0 aliphatic carbocycles. The summed E-state index contributed by atoms with van der Waals surface area (Å²) in [6.07, 6.45) is 0.391. The Hall–Kier alpha value is -1.55. The summed E-state index contributed by atoms with van der Waals surface area (Å²) in [6, 6.07) is 8.19.